The molecule has 1 aliphatic rings. The Morgan fingerprint density at radius 2 is 1.65 bits per heavy atom. The minimum absolute atomic E-state index is 0.288. The predicted octanol–water partition coefficient (Wildman–Crippen LogP) is -1.72. The van der Waals surface area contributed by atoms with Gasteiger partial charge in [-0.15, -0.1) is 0 Å². The maximum atomic E-state index is 9.88. The molecule has 1 aromatic carbocycles. The summed E-state index contributed by atoms with van der Waals surface area (Å²) in [5.74, 6) is 0.288. The summed E-state index contributed by atoms with van der Waals surface area (Å²) in [6, 6.07) is 6.08. The molecule has 7 atom stereocenters. The van der Waals surface area contributed by atoms with Gasteiger partial charge in [-0.05, 0) is 24.6 Å². The van der Waals surface area contributed by atoms with Crippen LogP contribution >= 0.6 is 0 Å². The molecule has 2 rings (SSSR count). The third-order valence-electron chi connectivity index (χ3n) is 3.78. The average molecular weight is 330 g/mol. The van der Waals surface area contributed by atoms with E-state index in [0.29, 0.717) is 5.56 Å². The normalized spacial score (nSPS) is 34.0. The first kappa shape index (κ1) is 18.1. The van der Waals surface area contributed by atoms with Crippen LogP contribution in [0.15, 0.2) is 24.3 Å². The van der Waals surface area contributed by atoms with Gasteiger partial charge in [0.1, 0.15) is 36.3 Å². The summed E-state index contributed by atoms with van der Waals surface area (Å²) in [6.45, 7) is 0.924. The number of benzene rings is 1. The highest BCUT2D eigenvalue weighted by Crippen LogP contribution is 2.26. The molecule has 1 aromatic rings. The Morgan fingerprint density at radius 1 is 1.04 bits per heavy atom. The van der Waals surface area contributed by atoms with Crippen LogP contribution in [0.2, 0.25) is 0 Å². The van der Waals surface area contributed by atoms with Crippen LogP contribution in [-0.4, -0.2) is 74.1 Å². The summed E-state index contributed by atoms with van der Waals surface area (Å²) in [4.78, 5) is 0. The van der Waals surface area contributed by atoms with Crippen molar-refractivity contribution < 1.29 is 40.1 Å². The largest absolute Gasteiger partial charge is 0.462 e. The highest BCUT2D eigenvalue weighted by atomic mass is 16.7. The van der Waals surface area contributed by atoms with Crippen LogP contribution in [0.25, 0.3) is 0 Å². The van der Waals surface area contributed by atoms with Crippen LogP contribution in [0.3, 0.4) is 0 Å². The van der Waals surface area contributed by atoms with Gasteiger partial charge < -0.3 is 40.1 Å². The van der Waals surface area contributed by atoms with Gasteiger partial charge in [0.05, 0.1) is 12.7 Å². The van der Waals surface area contributed by atoms with Crippen molar-refractivity contribution in [3.05, 3.63) is 29.8 Å². The van der Waals surface area contributed by atoms with Gasteiger partial charge in [-0.1, -0.05) is 12.1 Å². The molecule has 130 valence electrons. The minimum Gasteiger partial charge on any atom is -0.462 e. The highest BCUT2D eigenvalue weighted by Gasteiger charge is 2.44. The van der Waals surface area contributed by atoms with Crippen molar-refractivity contribution in [1.82, 2.24) is 0 Å². The Morgan fingerprint density at radius 3 is 2.17 bits per heavy atom. The standard InChI is InChI=1S/C15H22O8/c1-7(17)11(18)8-2-4-9(5-3-8)22-15-14(21)13(20)12(19)10(6-16)23-15/h2-5,7,10-21H,6H2,1H3. The summed E-state index contributed by atoms with van der Waals surface area (Å²) in [7, 11) is 0. The van der Waals surface area contributed by atoms with E-state index in [9.17, 15) is 25.5 Å². The van der Waals surface area contributed by atoms with E-state index in [4.69, 9.17) is 14.6 Å². The van der Waals surface area contributed by atoms with E-state index in [1.165, 1.54) is 31.2 Å². The first-order valence-electron chi connectivity index (χ1n) is 7.28. The Labute approximate surface area is 133 Å². The molecule has 7 unspecified atom stereocenters. The van der Waals surface area contributed by atoms with Gasteiger partial charge in [0.25, 0.3) is 0 Å². The fraction of sp³-hybridized carbons (Fsp3) is 0.600. The third kappa shape index (κ3) is 3.99. The molecule has 0 spiro atoms. The zero-order valence-corrected chi connectivity index (χ0v) is 12.6. The first-order chi connectivity index (χ1) is 10.8. The van der Waals surface area contributed by atoms with Crippen LogP contribution in [0, 0.1) is 0 Å². The van der Waals surface area contributed by atoms with E-state index in [0.717, 1.165) is 0 Å². The molecule has 1 fully saturated rings. The van der Waals surface area contributed by atoms with Gasteiger partial charge in [-0.25, -0.2) is 0 Å². The number of aliphatic hydroxyl groups is 6. The molecule has 1 saturated heterocycles. The van der Waals surface area contributed by atoms with Crippen molar-refractivity contribution >= 4 is 0 Å². The average Bonchev–Trinajstić information content (AvgIpc) is 2.55. The molecular weight excluding hydrogens is 308 g/mol. The van der Waals surface area contributed by atoms with Crippen LogP contribution in [0.5, 0.6) is 5.75 Å². The van der Waals surface area contributed by atoms with E-state index >= 15 is 0 Å². The lowest BCUT2D eigenvalue weighted by Crippen LogP contribution is -2.60. The molecule has 0 amide bonds. The summed E-state index contributed by atoms with van der Waals surface area (Å²) < 4.78 is 10.6. The Hall–Kier alpha value is -1.26. The lowest BCUT2D eigenvalue weighted by Gasteiger charge is -2.39. The summed E-state index contributed by atoms with van der Waals surface area (Å²) >= 11 is 0. The third-order valence-corrected chi connectivity index (χ3v) is 3.78. The van der Waals surface area contributed by atoms with Crippen LogP contribution < -0.4 is 4.74 Å². The van der Waals surface area contributed by atoms with E-state index in [2.05, 4.69) is 0 Å². The Bertz CT molecular complexity index is 489. The van der Waals surface area contributed by atoms with Gasteiger partial charge >= 0.3 is 0 Å². The number of rotatable bonds is 5. The second-order valence-electron chi connectivity index (χ2n) is 5.57. The monoisotopic (exact) mass is 330 g/mol. The fourth-order valence-corrected chi connectivity index (χ4v) is 2.32. The molecule has 0 aromatic heterocycles. The van der Waals surface area contributed by atoms with Gasteiger partial charge in [-0.2, -0.15) is 0 Å². The molecule has 1 heterocycles. The molecule has 23 heavy (non-hydrogen) atoms. The molecule has 0 radical (unpaired) electrons. The molecule has 0 aliphatic carbocycles. The van der Waals surface area contributed by atoms with Gasteiger partial charge in [0.2, 0.25) is 6.29 Å². The second kappa shape index (κ2) is 7.54. The highest BCUT2D eigenvalue weighted by molar-refractivity contribution is 5.29. The van der Waals surface area contributed by atoms with Crippen LogP contribution in [0.1, 0.15) is 18.6 Å². The summed E-state index contributed by atoms with van der Waals surface area (Å²) in [6.07, 6.45) is -8.72. The van der Waals surface area contributed by atoms with E-state index in [1.807, 2.05) is 0 Å². The zero-order valence-electron chi connectivity index (χ0n) is 12.6. The number of hydrogen-bond acceptors (Lipinski definition) is 8. The molecule has 8 nitrogen and oxygen atoms in total. The van der Waals surface area contributed by atoms with E-state index < -0.39 is 49.5 Å². The fourth-order valence-electron chi connectivity index (χ4n) is 2.32. The zero-order chi connectivity index (χ0) is 17.1. The van der Waals surface area contributed by atoms with Crippen molar-refractivity contribution in [2.45, 2.75) is 49.8 Å². The lowest BCUT2D eigenvalue weighted by molar-refractivity contribution is -0.277. The molecule has 0 bridgehead atoms. The van der Waals surface area contributed by atoms with E-state index in [-0.39, 0.29) is 5.75 Å². The molecule has 1 aliphatic heterocycles. The van der Waals surface area contributed by atoms with Gasteiger partial charge in [0.15, 0.2) is 0 Å². The SMILES string of the molecule is CC(O)C(O)c1ccc(OC2OC(CO)C(O)C(O)C2O)cc1. The Balaban J connectivity index is 2.06. The number of aliphatic hydroxyl groups excluding tert-OH is 6. The Kier molecular flexibility index (Phi) is 5.93. The minimum atomic E-state index is -1.51. The maximum absolute atomic E-state index is 9.88. The van der Waals surface area contributed by atoms with Crippen molar-refractivity contribution in [3.63, 3.8) is 0 Å². The number of hydrogen-bond donors (Lipinski definition) is 6. The van der Waals surface area contributed by atoms with Crippen molar-refractivity contribution in [1.29, 1.82) is 0 Å². The first-order valence-corrected chi connectivity index (χ1v) is 7.28. The van der Waals surface area contributed by atoms with E-state index in [1.54, 1.807) is 0 Å². The van der Waals surface area contributed by atoms with Gasteiger partial charge in [-0.3, -0.25) is 0 Å². The van der Waals surface area contributed by atoms with Crippen molar-refractivity contribution in [2.75, 3.05) is 6.61 Å². The number of ether oxygens (including phenoxy) is 2. The second-order valence-corrected chi connectivity index (χ2v) is 5.57. The summed E-state index contributed by atoms with van der Waals surface area (Å²) in [5.41, 5.74) is 0.487. The van der Waals surface area contributed by atoms with Crippen LogP contribution in [-0.2, 0) is 4.74 Å². The van der Waals surface area contributed by atoms with Crippen LogP contribution in [0.4, 0.5) is 0 Å². The summed E-state index contributed by atoms with van der Waals surface area (Å²) in [5, 5.41) is 57.5. The molecular formula is C15H22O8. The lowest BCUT2D eigenvalue weighted by atomic mass is 9.99. The molecule has 8 heteroatoms. The van der Waals surface area contributed by atoms with Gasteiger partial charge in [0, 0.05) is 0 Å². The molecule has 6 N–H and O–H groups in total. The molecule has 0 saturated carbocycles. The topological polar surface area (TPSA) is 140 Å². The van der Waals surface area contributed by atoms with Crippen molar-refractivity contribution in [2.24, 2.45) is 0 Å². The quantitative estimate of drug-likeness (QED) is 0.375. The maximum Gasteiger partial charge on any atom is 0.229 e. The van der Waals surface area contributed by atoms with Crippen molar-refractivity contribution in [3.8, 4) is 5.75 Å². The predicted molar refractivity (Wildman–Crippen MR) is 77.5 cm³/mol. The smallest absolute Gasteiger partial charge is 0.229 e.